The molecular formula is C19H20BrN5O. The Morgan fingerprint density at radius 3 is 2.85 bits per heavy atom. The van der Waals surface area contributed by atoms with Gasteiger partial charge in [0.05, 0.1) is 35.7 Å². The molecule has 1 unspecified atom stereocenters. The average Bonchev–Trinajstić information content (AvgIpc) is 3.18. The molecule has 3 aromatic rings. The summed E-state index contributed by atoms with van der Waals surface area (Å²) in [6.07, 6.45) is 8.71. The largest absolute Gasteiger partial charge is 0.302 e. The first-order valence-electron chi connectivity index (χ1n) is 8.81. The summed E-state index contributed by atoms with van der Waals surface area (Å²) in [5.74, 6) is 0. The van der Waals surface area contributed by atoms with Gasteiger partial charge in [-0.2, -0.15) is 5.10 Å². The van der Waals surface area contributed by atoms with Crippen LogP contribution in [0, 0.1) is 0 Å². The fourth-order valence-electron chi connectivity index (χ4n) is 3.45. The Morgan fingerprint density at radius 2 is 2.08 bits per heavy atom. The van der Waals surface area contributed by atoms with Gasteiger partial charge in [0, 0.05) is 29.3 Å². The number of aromatic nitrogens is 4. The molecule has 1 aliphatic rings. The lowest BCUT2D eigenvalue weighted by Crippen LogP contribution is -2.41. The van der Waals surface area contributed by atoms with E-state index in [4.69, 9.17) is 4.98 Å². The SMILES string of the molecule is CC(C=O)N1CCC(n2cc(-c3cnc4cccc(Br)c4n3)cn2)CC1. The standard InChI is InChI=1S/C19H20BrN5O/c1-13(12-26)24-7-5-15(6-8-24)25-11-14(9-22-25)18-10-21-17-4-2-3-16(20)19(17)23-18/h2-4,9-13,15H,5-8H2,1H3. The first-order valence-corrected chi connectivity index (χ1v) is 9.60. The summed E-state index contributed by atoms with van der Waals surface area (Å²) in [7, 11) is 0. The van der Waals surface area contributed by atoms with Crippen molar-refractivity contribution in [3.63, 3.8) is 0 Å². The van der Waals surface area contributed by atoms with Crippen molar-refractivity contribution < 1.29 is 4.79 Å². The lowest BCUT2D eigenvalue weighted by atomic mass is 10.0. The Morgan fingerprint density at radius 1 is 1.27 bits per heavy atom. The number of carbonyl (C=O) groups is 1. The normalized spacial score (nSPS) is 17.5. The van der Waals surface area contributed by atoms with Gasteiger partial charge in [-0.1, -0.05) is 6.07 Å². The highest BCUT2D eigenvalue weighted by Crippen LogP contribution is 2.27. The van der Waals surface area contributed by atoms with Crippen molar-refractivity contribution in [2.24, 2.45) is 0 Å². The molecule has 1 saturated heterocycles. The first kappa shape index (κ1) is 17.3. The third-order valence-electron chi connectivity index (χ3n) is 5.07. The van der Waals surface area contributed by atoms with E-state index in [1.54, 1.807) is 6.20 Å². The van der Waals surface area contributed by atoms with Gasteiger partial charge in [-0.3, -0.25) is 14.6 Å². The van der Waals surface area contributed by atoms with Crippen LogP contribution in [0.25, 0.3) is 22.3 Å². The molecule has 0 radical (unpaired) electrons. The molecule has 134 valence electrons. The zero-order valence-corrected chi connectivity index (χ0v) is 16.1. The number of nitrogens with zero attached hydrogens (tertiary/aromatic N) is 5. The second-order valence-corrected chi connectivity index (χ2v) is 7.57. The van der Waals surface area contributed by atoms with E-state index in [2.05, 4.69) is 37.1 Å². The summed E-state index contributed by atoms with van der Waals surface area (Å²) >= 11 is 3.54. The summed E-state index contributed by atoms with van der Waals surface area (Å²) in [5.41, 5.74) is 3.52. The first-order chi connectivity index (χ1) is 12.7. The molecule has 0 spiro atoms. The predicted molar refractivity (Wildman–Crippen MR) is 104 cm³/mol. The van der Waals surface area contributed by atoms with Crippen molar-refractivity contribution in [1.82, 2.24) is 24.6 Å². The van der Waals surface area contributed by atoms with Gasteiger partial charge in [0.15, 0.2) is 0 Å². The molecule has 1 aromatic carbocycles. The van der Waals surface area contributed by atoms with Crippen molar-refractivity contribution in [2.75, 3.05) is 13.1 Å². The number of halogens is 1. The molecule has 0 bridgehead atoms. The molecule has 4 rings (SSSR count). The molecule has 0 aliphatic carbocycles. The van der Waals surface area contributed by atoms with Gasteiger partial charge in [0.25, 0.3) is 0 Å². The van der Waals surface area contributed by atoms with E-state index in [1.165, 1.54) is 0 Å². The van der Waals surface area contributed by atoms with Gasteiger partial charge >= 0.3 is 0 Å². The molecule has 3 heterocycles. The van der Waals surface area contributed by atoms with Gasteiger partial charge in [0.1, 0.15) is 11.8 Å². The maximum absolute atomic E-state index is 11.0. The van der Waals surface area contributed by atoms with Crippen molar-refractivity contribution in [1.29, 1.82) is 0 Å². The van der Waals surface area contributed by atoms with Gasteiger partial charge in [-0.25, -0.2) is 4.98 Å². The highest BCUT2D eigenvalue weighted by Gasteiger charge is 2.24. The minimum Gasteiger partial charge on any atom is -0.302 e. The second kappa shape index (κ2) is 7.25. The zero-order chi connectivity index (χ0) is 18.1. The molecule has 0 N–H and O–H groups in total. The number of aldehydes is 1. The van der Waals surface area contributed by atoms with Crippen molar-refractivity contribution in [2.45, 2.75) is 31.8 Å². The van der Waals surface area contributed by atoms with Crippen LogP contribution in [0.4, 0.5) is 0 Å². The smallest absolute Gasteiger partial charge is 0.136 e. The van der Waals surface area contributed by atoms with Crippen LogP contribution in [0.2, 0.25) is 0 Å². The molecule has 26 heavy (non-hydrogen) atoms. The van der Waals surface area contributed by atoms with Crippen LogP contribution in [0.15, 0.2) is 41.3 Å². The molecule has 7 heteroatoms. The van der Waals surface area contributed by atoms with E-state index in [9.17, 15) is 4.79 Å². The number of hydrogen-bond donors (Lipinski definition) is 0. The fourth-order valence-corrected chi connectivity index (χ4v) is 3.90. The number of piperidine rings is 1. The third-order valence-corrected chi connectivity index (χ3v) is 5.71. The lowest BCUT2D eigenvalue weighted by Gasteiger charge is -2.33. The molecular weight excluding hydrogens is 394 g/mol. The number of carbonyl (C=O) groups excluding carboxylic acids is 1. The van der Waals surface area contributed by atoms with Crippen LogP contribution in [-0.4, -0.2) is 50.1 Å². The van der Waals surface area contributed by atoms with Crippen molar-refractivity contribution in [3.8, 4) is 11.3 Å². The zero-order valence-electron chi connectivity index (χ0n) is 14.5. The van der Waals surface area contributed by atoms with Gasteiger partial charge < -0.3 is 4.79 Å². The van der Waals surface area contributed by atoms with Crippen LogP contribution in [0.5, 0.6) is 0 Å². The van der Waals surface area contributed by atoms with E-state index in [0.29, 0.717) is 6.04 Å². The van der Waals surface area contributed by atoms with Crippen molar-refractivity contribution in [3.05, 3.63) is 41.3 Å². The second-order valence-electron chi connectivity index (χ2n) is 6.72. The van der Waals surface area contributed by atoms with Gasteiger partial charge in [0.2, 0.25) is 0 Å². The highest BCUT2D eigenvalue weighted by atomic mass is 79.9. The summed E-state index contributed by atoms with van der Waals surface area (Å²) in [6, 6.07) is 6.23. The molecule has 1 fully saturated rings. The predicted octanol–water partition coefficient (Wildman–Crippen LogP) is 3.48. The minimum absolute atomic E-state index is 0.00421. The van der Waals surface area contributed by atoms with Crippen LogP contribution >= 0.6 is 15.9 Å². The van der Waals surface area contributed by atoms with Gasteiger partial charge in [-0.15, -0.1) is 0 Å². The fraction of sp³-hybridized carbons (Fsp3) is 0.368. The third kappa shape index (κ3) is 3.29. The molecule has 0 amide bonds. The van der Waals surface area contributed by atoms with Crippen LogP contribution in [0.3, 0.4) is 0 Å². The monoisotopic (exact) mass is 413 g/mol. The highest BCUT2D eigenvalue weighted by molar-refractivity contribution is 9.10. The van der Waals surface area contributed by atoms with Crippen LogP contribution in [0.1, 0.15) is 25.8 Å². The summed E-state index contributed by atoms with van der Waals surface area (Å²) in [6.45, 7) is 3.79. The van der Waals surface area contributed by atoms with Gasteiger partial charge in [-0.05, 0) is 47.8 Å². The van der Waals surface area contributed by atoms with Crippen LogP contribution in [-0.2, 0) is 4.79 Å². The minimum atomic E-state index is -0.00421. The maximum atomic E-state index is 11.0. The summed E-state index contributed by atoms with van der Waals surface area (Å²) in [5, 5.41) is 4.56. The number of rotatable bonds is 4. The van der Waals surface area contributed by atoms with E-state index in [-0.39, 0.29) is 6.04 Å². The maximum Gasteiger partial charge on any atom is 0.136 e. The molecule has 6 nitrogen and oxygen atoms in total. The van der Waals surface area contributed by atoms with E-state index >= 15 is 0 Å². The number of likely N-dealkylation sites (tertiary alicyclic amines) is 1. The quantitative estimate of drug-likeness (QED) is 0.612. The Hall–Kier alpha value is -2.12. The number of hydrogen-bond acceptors (Lipinski definition) is 5. The Labute approximate surface area is 160 Å². The number of para-hydroxylation sites is 1. The van der Waals surface area contributed by atoms with E-state index in [1.807, 2.05) is 36.0 Å². The van der Waals surface area contributed by atoms with Crippen molar-refractivity contribution >= 4 is 33.2 Å². The molecule has 0 saturated carbocycles. The number of fused-ring (bicyclic) bond motifs is 1. The average molecular weight is 414 g/mol. The molecule has 1 atom stereocenters. The molecule has 1 aliphatic heterocycles. The topological polar surface area (TPSA) is 63.9 Å². The molecule has 2 aromatic heterocycles. The van der Waals surface area contributed by atoms with E-state index in [0.717, 1.165) is 59.0 Å². The summed E-state index contributed by atoms with van der Waals surface area (Å²) < 4.78 is 2.97. The van der Waals surface area contributed by atoms with E-state index < -0.39 is 0 Å². The Bertz CT molecular complexity index is 933. The lowest BCUT2D eigenvalue weighted by molar-refractivity contribution is -0.112. The summed E-state index contributed by atoms with van der Waals surface area (Å²) in [4.78, 5) is 22.4. The van der Waals surface area contributed by atoms with Crippen LogP contribution < -0.4 is 0 Å². The Kier molecular flexibility index (Phi) is 4.82. The number of benzene rings is 1. The Balaban J connectivity index is 1.54.